The van der Waals surface area contributed by atoms with Crippen LogP contribution in [0.25, 0.3) is 0 Å². The SMILES string of the molecule is CNCC(C1CCCCC1)C(CNC)(c1ccccc1)c1ccccc1. The van der Waals surface area contributed by atoms with Gasteiger partial charge in [0.25, 0.3) is 0 Å². The lowest BCUT2D eigenvalue weighted by atomic mass is 9.59. The molecule has 0 aromatic heterocycles. The van der Waals surface area contributed by atoms with Crippen LogP contribution < -0.4 is 10.6 Å². The number of hydrogen-bond acceptors (Lipinski definition) is 2. The minimum absolute atomic E-state index is 0.0116. The van der Waals surface area contributed by atoms with E-state index in [4.69, 9.17) is 0 Å². The fourth-order valence-electron chi connectivity index (χ4n) is 5.18. The van der Waals surface area contributed by atoms with Gasteiger partial charge in [0.1, 0.15) is 0 Å². The first kappa shape index (κ1) is 19.1. The van der Waals surface area contributed by atoms with E-state index in [1.54, 1.807) is 0 Å². The van der Waals surface area contributed by atoms with Crippen LogP contribution in [0.2, 0.25) is 0 Å². The van der Waals surface area contributed by atoms with Crippen LogP contribution >= 0.6 is 0 Å². The molecule has 2 heteroatoms. The van der Waals surface area contributed by atoms with Gasteiger partial charge in [-0.15, -0.1) is 0 Å². The van der Waals surface area contributed by atoms with E-state index in [9.17, 15) is 0 Å². The second-order valence-electron chi connectivity index (χ2n) is 7.80. The first-order chi connectivity index (χ1) is 12.8. The summed E-state index contributed by atoms with van der Waals surface area (Å²) in [7, 11) is 4.20. The number of hydrogen-bond donors (Lipinski definition) is 2. The molecule has 1 aliphatic rings. The van der Waals surface area contributed by atoms with Crippen molar-refractivity contribution >= 4 is 0 Å². The highest BCUT2D eigenvalue weighted by atomic mass is 14.9. The quantitative estimate of drug-likeness (QED) is 0.726. The highest BCUT2D eigenvalue weighted by Gasteiger charge is 2.44. The van der Waals surface area contributed by atoms with Gasteiger partial charge in [-0.05, 0) is 43.6 Å². The summed E-state index contributed by atoms with van der Waals surface area (Å²) in [6.45, 7) is 2.01. The Morgan fingerprint density at radius 3 is 1.81 bits per heavy atom. The molecular formula is C24H34N2. The number of rotatable bonds is 8. The lowest BCUT2D eigenvalue weighted by Gasteiger charge is -2.47. The van der Waals surface area contributed by atoms with Crippen LogP contribution in [0, 0.1) is 11.8 Å². The Morgan fingerprint density at radius 2 is 1.35 bits per heavy atom. The van der Waals surface area contributed by atoms with Crippen LogP contribution in [0.1, 0.15) is 43.2 Å². The van der Waals surface area contributed by atoms with Crippen LogP contribution in [0.5, 0.6) is 0 Å². The van der Waals surface area contributed by atoms with E-state index in [2.05, 4.69) is 85.4 Å². The molecule has 1 unspecified atom stereocenters. The maximum absolute atomic E-state index is 3.56. The average Bonchev–Trinajstić information content (AvgIpc) is 2.72. The molecular weight excluding hydrogens is 316 g/mol. The molecule has 2 aromatic rings. The van der Waals surface area contributed by atoms with Gasteiger partial charge in [-0.1, -0.05) is 92.8 Å². The van der Waals surface area contributed by atoms with Gasteiger partial charge in [-0.3, -0.25) is 0 Å². The third kappa shape index (κ3) is 3.87. The summed E-state index contributed by atoms with van der Waals surface area (Å²) < 4.78 is 0. The first-order valence-electron chi connectivity index (χ1n) is 10.2. The van der Waals surface area contributed by atoms with Gasteiger partial charge in [-0.2, -0.15) is 0 Å². The van der Waals surface area contributed by atoms with Gasteiger partial charge < -0.3 is 10.6 Å². The van der Waals surface area contributed by atoms with Gasteiger partial charge in [0.05, 0.1) is 0 Å². The van der Waals surface area contributed by atoms with Crippen LogP contribution in [0.15, 0.2) is 60.7 Å². The van der Waals surface area contributed by atoms with Crippen LogP contribution in [-0.2, 0) is 5.41 Å². The molecule has 0 saturated heterocycles. The van der Waals surface area contributed by atoms with Crippen molar-refractivity contribution in [3.8, 4) is 0 Å². The van der Waals surface area contributed by atoms with Crippen molar-refractivity contribution in [3.05, 3.63) is 71.8 Å². The Balaban J connectivity index is 2.16. The summed E-state index contributed by atoms with van der Waals surface area (Å²) in [5.74, 6) is 1.34. The van der Waals surface area contributed by atoms with Crippen LogP contribution in [-0.4, -0.2) is 27.2 Å². The average molecular weight is 351 g/mol. The summed E-state index contributed by atoms with van der Waals surface area (Å²) in [5.41, 5.74) is 2.86. The van der Waals surface area contributed by atoms with Crippen LogP contribution in [0.4, 0.5) is 0 Å². The lowest BCUT2D eigenvalue weighted by Crippen LogP contribution is -2.51. The van der Waals surface area contributed by atoms with E-state index in [0.29, 0.717) is 5.92 Å². The topological polar surface area (TPSA) is 24.1 Å². The molecule has 1 atom stereocenters. The Hall–Kier alpha value is -1.64. The Kier molecular flexibility index (Phi) is 6.87. The zero-order valence-electron chi connectivity index (χ0n) is 16.4. The van der Waals surface area contributed by atoms with Crippen molar-refractivity contribution in [1.29, 1.82) is 0 Å². The fraction of sp³-hybridized carbons (Fsp3) is 0.500. The van der Waals surface area contributed by atoms with E-state index < -0.39 is 0 Å². The van der Waals surface area contributed by atoms with Crippen molar-refractivity contribution in [1.82, 2.24) is 10.6 Å². The zero-order valence-corrected chi connectivity index (χ0v) is 16.4. The second-order valence-corrected chi connectivity index (χ2v) is 7.80. The molecule has 0 amide bonds. The van der Waals surface area contributed by atoms with E-state index >= 15 is 0 Å². The predicted molar refractivity (Wildman–Crippen MR) is 112 cm³/mol. The van der Waals surface area contributed by atoms with Gasteiger partial charge in [0.15, 0.2) is 0 Å². The molecule has 0 aliphatic heterocycles. The summed E-state index contributed by atoms with van der Waals surface area (Å²) in [4.78, 5) is 0. The fourth-order valence-corrected chi connectivity index (χ4v) is 5.18. The smallest absolute Gasteiger partial charge is 0.0369 e. The molecule has 0 radical (unpaired) electrons. The van der Waals surface area contributed by atoms with E-state index in [1.165, 1.54) is 43.2 Å². The predicted octanol–water partition coefficient (Wildman–Crippen LogP) is 4.61. The van der Waals surface area contributed by atoms with Gasteiger partial charge in [0.2, 0.25) is 0 Å². The third-order valence-electron chi connectivity index (χ3n) is 6.31. The molecule has 140 valence electrons. The molecule has 26 heavy (non-hydrogen) atoms. The van der Waals surface area contributed by atoms with Gasteiger partial charge in [-0.25, -0.2) is 0 Å². The number of benzene rings is 2. The Labute approximate surface area is 159 Å². The van der Waals surface area contributed by atoms with Crippen molar-refractivity contribution < 1.29 is 0 Å². The maximum atomic E-state index is 3.56. The van der Waals surface area contributed by atoms with E-state index in [-0.39, 0.29) is 5.41 Å². The third-order valence-corrected chi connectivity index (χ3v) is 6.31. The van der Waals surface area contributed by atoms with E-state index in [0.717, 1.165) is 19.0 Å². The molecule has 1 saturated carbocycles. The molecule has 0 bridgehead atoms. The van der Waals surface area contributed by atoms with E-state index in [1.807, 2.05) is 0 Å². The van der Waals surface area contributed by atoms with Crippen molar-refractivity contribution in [2.75, 3.05) is 27.2 Å². The molecule has 2 nitrogen and oxygen atoms in total. The summed E-state index contributed by atoms with van der Waals surface area (Å²) in [6, 6.07) is 22.4. The number of likely N-dealkylation sites (N-methyl/N-ethyl adjacent to an activating group) is 1. The normalized spacial score (nSPS) is 17.2. The zero-order chi connectivity index (χ0) is 18.2. The summed E-state index contributed by atoms with van der Waals surface area (Å²) in [5, 5.41) is 7.10. The minimum atomic E-state index is -0.0116. The van der Waals surface area contributed by atoms with Crippen molar-refractivity contribution in [3.63, 3.8) is 0 Å². The van der Waals surface area contributed by atoms with Crippen LogP contribution in [0.3, 0.4) is 0 Å². The first-order valence-corrected chi connectivity index (χ1v) is 10.2. The summed E-state index contributed by atoms with van der Waals surface area (Å²) in [6.07, 6.45) is 6.88. The highest BCUT2D eigenvalue weighted by molar-refractivity contribution is 5.41. The molecule has 0 spiro atoms. The standard InChI is InChI=1S/C24H34N2/c1-25-18-23(20-12-6-3-7-13-20)24(19-26-2,21-14-8-4-9-15-21)22-16-10-5-11-17-22/h4-5,8-11,14-17,20,23,25-26H,3,6-7,12-13,18-19H2,1-2H3. The highest BCUT2D eigenvalue weighted by Crippen LogP contribution is 2.46. The molecule has 0 heterocycles. The molecule has 1 aliphatic carbocycles. The lowest BCUT2D eigenvalue weighted by molar-refractivity contribution is 0.166. The minimum Gasteiger partial charge on any atom is -0.319 e. The van der Waals surface area contributed by atoms with Gasteiger partial charge >= 0.3 is 0 Å². The monoisotopic (exact) mass is 350 g/mol. The molecule has 3 rings (SSSR count). The van der Waals surface area contributed by atoms with Crippen molar-refractivity contribution in [2.24, 2.45) is 11.8 Å². The summed E-state index contributed by atoms with van der Waals surface area (Å²) >= 11 is 0. The largest absolute Gasteiger partial charge is 0.319 e. The Morgan fingerprint density at radius 1 is 0.808 bits per heavy atom. The van der Waals surface area contributed by atoms with Crippen molar-refractivity contribution in [2.45, 2.75) is 37.5 Å². The molecule has 1 fully saturated rings. The molecule has 2 aromatic carbocycles. The second kappa shape index (κ2) is 9.34. The number of nitrogens with one attached hydrogen (secondary N) is 2. The Bertz CT molecular complexity index is 592. The van der Waals surface area contributed by atoms with Gasteiger partial charge in [0, 0.05) is 12.0 Å². The maximum Gasteiger partial charge on any atom is 0.0369 e. The molecule has 2 N–H and O–H groups in total.